The molecule has 2 rings (SSSR count). The van der Waals surface area contributed by atoms with Gasteiger partial charge in [0.15, 0.2) is 0 Å². The van der Waals surface area contributed by atoms with Gasteiger partial charge in [-0.3, -0.25) is 9.69 Å². The second-order valence-electron chi connectivity index (χ2n) is 6.19. The first-order chi connectivity index (χ1) is 9.40. The number of aliphatic hydroxyl groups is 1. The van der Waals surface area contributed by atoms with Crippen LogP contribution in [0, 0.1) is 0 Å². The number of hydrogen-bond donors (Lipinski definition) is 1. The van der Waals surface area contributed by atoms with Gasteiger partial charge in [0.2, 0.25) is 5.91 Å². The molecule has 20 heavy (non-hydrogen) atoms. The van der Waals surface area contributed by atoms with Crippen LogP contribution in [-0.2, 0) is 16.8 Å². The summed E-state index contributed by atoms with van der Waals surface area (Å²) in [5.74, 6) is -0.172. The SMILES string of the molecule is CC(C)(C)c1csc(CN2CCN(C(=O)CO)CC2)n1. The van der Waals surface area contributed by atoms with Gasteiger partial charge in [-0.1, -0.05) is 20.8 Å². The van der Waals surface area contributed by atoms with Gasteiger partial charge in [-0.15, -0.1) is 11.3 Å². The molecule has 1 saturated heterocycles. The molecule has 1 fully saturated rings. The Balaban J connectivity index is 1.87. The molecule has 112 valence electrons. The standard InChI is InChI=1S/C14H23N3O2S/c1-14(2,3)11-10-20-12(15-11)8-16-4-6-17(7-5-16)13(19)9-18/h10,18H,4-9H2,1-3H3. The number of aliphatic hydroxyl groups excluding tert-OH is 1. The first kappa shape index (κ1) is 15.4. The van der Waals surface area contributed by atoms with E-state index in [0.29, 0.717) is 13.1 Å². The maximum atomic E-state index is 11.4. The lowest BCUT2D eigenvalue weighted by atomic mass is 9.93. The van der Waals surface area contributed by atoms with Gasteiger partial charge in [0.05, 0.1) is 12.2 Å². The summed E-state index contributed by atoms with van der Waals surface area (Å²) in [5, 5.41) is 12.1. The van der Waals surface area contributed by atoms with E-state index in [9.17, 15) is 4.79 Å². The molecule has 0 aromatic carbocycles. The number of piperazine rings is 1. The first-order valence-electron chi connectivity index (χ1n) is 6.96. The fourth-order valence-electron chi connectivity index (χ4n) is 2.17. The maximum absolute atomic E-state index is 11.4. The molecule has 0 radical (unpaired) electrons. The molecule has 1 aliphatic heterocycles. The van der Waals surface area contributed by atoms with Gasteiger partial charge >= 0.3 is 0 Å². The minimum absolute atomic E-state index is 0.0982. The summed E-state index contributed by atoms with van der Waals surface area (Å²) < 4.78 is 0. The van der Waals surface area contributed by atoms with Crippen LogP contribution in [0.5, 0.6) is 0 Å². The zero-order valence-electron chi connectivity index (χ0n) is 12.4. The molecule has 1 amide bonds. The molecule has 5 nitrogen and oxygen atoms in total. The third-order valence-electron chi connectivity index (χ3n) is 3.54. The fraction of sp³-hybridized carbons (Fsp3) is 0.714. The molecule has 0 saturated carbocycles. The van der Waals surface area contributed by atoms with E-state index >= 15 is 0 Å². The van der Waals surface area contributed by atoms with Gasteiger partial charge in [0, 0.05) is 37.0 Å². The number of rotatable bonds is 3. The smallest absolute Gasteiger partial charge is 0.248 e. The molecule has 0 spiro atoms. The van der Waals surface area contributed by atoms with Crippen molar-refractivity contribution in [1.82, 2.24) is 14.8 Å². The maximum Gasteiger partial charge on any atom is 0.248 e. The van der Waals surface area contributed by atoms with Crippen molar-refractivity contribution in [3.05, 3.63) is 16.1 Å². The molecule has 1 aromatic rings. The minimum Gasteiger partial charge on any atom is -0.387 e. The second kappa shape index (κ2) is 6.20. The predicted octanol–water partition coefficient (Wildman–Crippen LogP) is 1.08. The Bertz CT molecular complexity index is 459. The van der Waals surface area contributed by atoms with Gasteiger partial charge in [-0.25, -0.2) is 4.98 Å². The van der Waals surface area contributed by atoms with Crippen LogP contribution in [0.4, 0.5) is 0 Å². The Morgan fingerprint density at radius 2 is 2.00 bits per heavy atom. The Morgan fingerprint density at radius 1 is 1.35 bits per heavy atom. The number of carbonyl (C=O) groups is 1. The van der Waals surface area contributed by atoms with Crippen LogP contribution in [0.1, 0.15) is 31.5 Å². The van der Waals surface area contributed by atoms with Gasteiger partial charge in [0.25, 0.3) is 0 Å². The molecule has 0 unspecified atom stereocenters. The molecule has 6 heteroatoms. The number of amides is 1. The lowest BCUT2D eigenvalue weighted by Crippen LogP contribution is -2.49. The van der Waals surface area contributed by atoms with Crippen molar-refractivity contribution in [2.45, 2.75) is 32.7 Å². The summed E-state index contributed by atoms with van der Waals surface area (Å²) in [7, 11) is 0. The number of thiazole rings is 1. The average molecular weight is 297 g/mol. The van der Waals surface area contributed by atoms with Gasteiger partial charge in [0.1, 0.15) is 11.6 Å². The zero-order chi connectivity index (χ0) is 14.8. The summed E-state index contributed by atoms with van der Waals surface area (Å²) in [6.07, 6.45) is 0. The summed E-state index contributed by atoms with van der Waals surface area (Å²) in [5.41, 5.74) is 1.24. The Hall–Kier alpha value is -0.980. The van der Waals surface area contributed by atoms with Gasteiger partial charge in [-0.05, 0) is 0 Å². The van der Waals surface area contributed by atoms with E-state index in [4.69, 9.17) is 10.1 Å². The van der Waals surface area contributed by atoms with Crippen molar-refractivity contribution in [2.24, 2.45) is 0 Å². The zero-order valence-corrected chi connectivity index (χ0v) is 13.2. The second-order valence-corrected chi connectivity index (χ2v) is 7.13. The van der Waals surface area contributed by atoms with Crippen molar-refractivity contribution < 1.29 is 9.90 Å². The molecule has 0 aliphatic carbocycles. The monoisotopic (exact) mass is 297 g/mol. The highest BCUT2D eigenvalue weighted by Gasteiger charge is 2.22. The summed E-state index contributed by atoms with van der Waals surface area (Å²) in [6.45, 7) is 10.0. The van der Waals surface area contributed by atoms with Crippen molar-refractivity contribution in [2.75, 3.05) is 32.8 Å². The van der Waals surface area contributed by atoms with E-state index in [0.717, 1.165) is 30.3 Å². The molecule has 1 aliphatic rings. The van der Waals surface area contributed by atoms with Crippen LogP contribution < -0.4 is 0 Å². The van der Waals surface area contributed by atoms with Crippen LogP contribution in [0.3, 0.4) is 0 Å². The number of nitrogens with zero attached hydrogens (tertiary/aromatic N) is 3. The van der Waals surface area contributed by atoms with Crippen molar-refractivity contribution >= 4 is 17.2 Å². The topological polar surface area (TPSA) is 56.7 Å². The van der Waals surface area contributed by atoms with Crippen LogP contribution in [0.2, 0.25) is 0 Å². The highest BCUT2D eigenvalue weighted by Crippen LogP contribution is 2.24. The molecule has 0 bridgehead atoms. The van der Waals surface area contributed by atoms with Crippen molar-refractivity contribution in [3.63, 3.8) is 0 Å². The quantitative estimate of drug-likeness (QED) is 0.907. The Morgan fingerprint density at radius 3 is 2.50 bits per heavy atom. The van der Waals surface area contributed by atoms with Crippen molar-refractivity contribution in [3.8, 4) is 0 Å². The van der Waals surface area contributed by atoms with Crippen LogP contribution in [0.15, 0.2) is 5.38 Å². The molecule has 1 N–H and O–H groups in total. The third kappa shape index (κ3) is 3.77. The highest BCUT2D eigenvalue weighted by molar-refractivity contribution is 7.09. The van der Waals surface area contributed by atoms with E-state index in [2.05, 4.69) is 31.1 Å². The van der Waals surface area contributed by atoms with Crippen LogP contribution in [-0.4, -0.2) is 58.6 Å². The largest absolute Gasteiger partial charge is 0.387 e. The normalized spacial score (nSPS) is 17.5. The molecule has 0 atom stereocenters. The van der Waals surface area contributed by atoms with Crippen molar-refractivity contribution in [1.29, 1.82) is 0 Å². The molecule has 2 heterocycles. The lowest BCUT2D eigenvalue weighted by Gasteiger charge is -2.33. The number of aromatic nitrogens is 1. The minimum atomic E-state index is -0.387. The summed E-state index contributed by atoms with van der Waals surface area (Å²) in [6, 6.07) is 0. The Labute approximate surface area is 124 Å². The van der Waals surface area contributed by atoms with Gasteiger partial charge < -0.3 is 10.0 Å². The predicted molar refractivity (Wildman–Crippen MR) is 79.8 cm³/mol. The van der Waals surface area contributed by atoms with E-state index < -0.39 is 0 Å². The number of hydrogen-bond acceptors (Lipinski definition) is 5. The average Bonchev–Trinajstić information content (AvgIpc) is 2.87. The molecular weight excluding hydrogens is 274 g/mol. The Kier molecular flexibility index (Phi) is 4.78. The highest BCUT2D eigenvalue weighted by atomic mass is 32.1. The van der Waals surface area contributed by atoms with Crippen LogP contribution in [0.25, 0.3) is 0 Å². The summed E-state index contributed by atoms with van der Waals surface area (Å²) >= 11 is 1.71. The third-order valence-corrected chi connectivity index (χ3v) is 4.37. The molecule has 1 aromatic heterocycles. The number of carbonyl (C=O) groups excluding carboxylic acids is 1. The fourth-order valence-corrected chi connectivity index (χ4v) is 3.24. The van der Waals surface area contributed by atoms with E-state index in [1.54, 1.807) is 16.2 Å². The van der Waals surface area contributed by atoms with E-state index in [1.165, 1.54) is 0 Å². The van der Waals surface area contributed by atoms with Gasteiger partial charge in [-0.2, -0.15) is 0 Å². The van der Waals surface area contributed by atoms with Crippen LogP contribution >= 0.6 is 11.3 Å². The lowest BCUT2D eigenvalue weighted by molar-refractivity contribution is -0.135. The molecular formula is C14H23N3O2S. The van der Waals surface area contributed by atoms with E-state index in [1.807, 2.05) is 0 Å². The summed E-state index contributed by atoms with van der Waals surface area (Å²) in [4.78, 5) is 20.1. The van der Waals surface area contributed by atoms with E-state index in [-0.39, 0.29) is 17.9 Å². The first-order valence-corrected chi connectivity index (χ1v) is 7.84.